The average molecular weight is 779 g/mol. The first-order valence-corrected chi connectivity index (χ1v) is 21.2. The number of benzene rings is 4. The minimum atomic E-state index is -1.28. The van der Waals surface area contributed by atoms with E-state index in [1.807, 2.05) is 42.5 Å². The van der Waals surface area contributed by atoms with E-state index in [4.69, 9.17) is 9.15 Å². The zero-order valence-corrected chi connectivity index (χ0v) is 34.2. The summed E-state index contributed by atoms with van der Waals surface area (Å²) in [7, 11) is 0. The average Bonchev–Trinajstić information content (AvgIpc) is 3.23. The maximum Gasteiger partial charge on any atom is 0.203 e. The van der Waals surface area contributed by atoms with Crippen molar-refractivity contribution in [1.82, 2.24) is 4.58 Å². The van der Waals surface area contributed by atoms with Crippen LogP contribution in [0, 0.1) is 5.92 Å². The van der Waals surface area contributed by atoms with Gasteiger partial charge < -0.3 is 29.0 Å². The molecule has 8 heteroatoms. The van der Waals surface area contributed by atoms with Gasteiger partial charge in [-0.25, -0.2) is 9.15 Å². The van der Waals surface area contributed by atoms with Crippen LogP contribution in [0.15, 0.2) is 107 Å². The van der Waals surface area contributed by atoms with E-state index in [0.717, 1.165) is 106 Å². The van der Waals surface area contributed by atoms with Crippen molar-refractivity contribution >= 4 is 28.6 Å². The standard InChI is InChI=1S/C50H54N2O6/c1-5-9-25-51(26-10-6-2)33-21-23-39-43(29-33)57-45-32-46-42(31-41(45)47(39)35-17-13-15-19-37(35)49(53)54)48(36-18-14-16-20-38(36)50(55)56)40-24-22-34(30-44(40)58-46)52(27-11-7-3)28-12-8-4/h13-24,29-32,39,47H,5-12,25-28H2,1-4H3. The lowest BCUT2D eigenvalue weighted by atomic mass is 9.74. The van der Waals surface area contributed by atoms with Crippen LogP contribution in [0.3, 0.4) is 0 Å². The van der Waals surface area contributed by atoms with Crippen LogP contribution in [0.2, 0.25) is 0 Å². The van der Waals surface area contributed by atoms with Crippen molar-refractivity contribution < 1.29 is 33.5 Å². The van der Waals surface area contributed by atoms with E-state index in [-0.39, 0.29) is 17.0 Å². The van der Waals surface area contributed by atoms with E-state index >= 15 is 0 Å². The largest absolute Gasteiger partial charge is 0.545 e. The molecule has 0 saturated heterocycles. The molecule has 0 aromatic heterocycles. The zero-order chi connectivity index (χ0) is 40.8. The van der Waals surface area contributed by atoms with Crippen LogP contribution in [0.5, 0.6) is 5.75 Å². The number of hydrogen-bond acceptors (Lipinski definition) is 6. The second-order valence-corrected chi connectivity index (χ2v) is 15.6. The molecule has 7 rings (SSSR count). The Balaban J connectivity index is 1.53. The number of carbonyl (C=O) groups excluding carboxylic acids is 2. The van der Waals surface area contributed by atoms with E-state index in [9.17, 15) is 19.8 Å². The van der Waals surface area contributed by atoms with Crippen molar-refractivity contribution in [3.63, 3.8) is 0 Å². The Hall–Kier alpha value is -5.76. The molecule has 0 saturated carbocycles. The van der Waals surface area contributed by atoms with Crippen molar-refractivity contribution in [2.45, 2.75) is 85.0 Å². The second kappa shape index (κ2) is 18.2. The molecule has 2 atom stereocenters. The molecule has 3 aromatic carbocycles. The number of rotatable bonds is 16. The van der Waals surface area contributed by atoms with Crippen LogP contribution in [-0.4, -0.2) is 48.4 Å². The number of fused-ring (bicyclic) bond motifs is 4. The molecular formula is C50H54N2O6. The summed E-state index contributed by atoms with van der Waals surface area (Å²) in [6, 6.07) is 24.0. The summed E-state index contributed by atoms with van der Waals surface area (Å²) >= 11 is 0. The van der Waals surface area contributed by atoms with Crippen molar-refractivity contribution in [2.75, 3.05) is 26.2 Å². The SMILES string of the molecule is CCCC[N+](CCCC)=C1C=CC2C(=C1)Oc1cc3oc4cc(=[N+](CCCC)CCCC)ccc-4c(-c4ccccc4C(=O)[O-])c3cc1C2c1ccccc1C(=O)[O-]. The molecule has 0 amide bonds. The fourth-order valence-electron chi connectivity index (χ4n) is 8.55. The molecule has 4 aliphatic rings. The summed E-state index contributed by atoms with van der Waals surface area (Å²) in [4.78, 5) is 25.4. The highest BCUT2D eigenvalue weighted by molar-refractivity contribution is 6.08. The number of carboxylic acids is 2. The lowest BCUT2D eigenvalue weighted by molar-refractivity contribution is -0.527. The molecule has 300 valence electrons. The Bertz CT molecular complexity index is 2450. The van der Waals surface area contributed by atoms with E-state index in [1.54, 1.807) is 24.3 Å². The number of aromatic carboxylic acids is 2. The Kier molecular flexibility index (Phi) is 12.7. The fourth-order valence-corrected chi connectivity index (χ4v) is 8.55. The highest BCUT2D eigenvalue weighted by Gasteiger charge is 2.39. The first-order valence-electron chi connectivity index (χ1n) is 21.2. The van der Waals surface area contributed by atoms with Gasteiger partial charge in [-0.05, 0) is 23.3 Å². The minimum absolute atomic E-state index is 0.0694. The molecule has 3 aromatic rings. The van der Waals surface area contributed by atoms with Crippen molar-refractivity contribution in [2.24, 2.45) is 5.92 Å². The van der Waals surface area contributed by atoms with E-state index in [2.05, 4.69) is 67.2 Å². The first-order chi connectivity index (χ1) is 28.3. The second-order valence-electron chi connectivity index (χ2n) is 15.6. The molecule has 2 heterocycles. The molecule has 0 spiro atoms. The van der Waals surface area contributed by atoms with Crippen LogP contribution < -0.4 is 24.9 Å². The van der Waals surface area contributed by atoms with Gasteiger partial charge in [0.05, 0.1) is 18.0 Å². The molecule has 2 unspecified atom stereocenters. The van der Waals surface area contributed by atoms with Gasteiger partial charge >= 0.3 is 0 Å². The normalized spacial score (nSPS) is 15.8. The van der Waals surface area contributed by atoms with Crippen molar-refractivity contribution in [3.05, 3.63) is 130 Å². The van der Waals surface area contributed by atoms with Gasteiger partial charge in [-0.2, -0.15) is 0 Å². The molecule has 8 nitrogen and oxygen atoms in total. The van der Waals surface area contributed by atoms with E-state index in [1.165, 1.54) is 0 Å². The summed E-state index contributed by atoms with van der Waals surface area (Å²) in [5.41, 5.74) is 5.13. The molecule has 0 fully saturated rings. The fraction of sp³-hybridized carbons (Fsp3) is 0.360. The van der Waals surface area contributed by atoms with Crippen LogP contribution >= 0.6 is 0 Å². The number of nitrogens with zero attached hydrogens (tertiary/aromatic N) is 2. The maximum atomic E-state index is 12.7. The van der Waals surface area contributed by atoms with Gasteiger partial charge in [0.2, 0.25) is 11.1 Å². The molecule has 0 N–H and O–H groups in total. The highest BCUT2D eigenvalue weighted by Crippen LogP contribution is 2.51. The monoisotopic (exact) mass is 778 g/mol. The Morgan fingerprint density at radius 1 is 0.672 bits per heavy atom. The molecule has 58 heavy (non-hydrogen) atoms. The van der Waals surface area contributed by atoms with Gasteiger partial charge in [0, 0.05) is 95.0 Å². The Morgan fingerprint density at radius 2 is 1.29 bits per heavy atom. The number of hydrogen-bond donors (Lipinski definition) is 0. The van der Waals surface area contributed by atoms with Gasteiger partial charge in [0.1, 0.15) is 49.0 Å². The summed E-state index contributed by atoms with van der Waals surface area (Å²) < 4.78 is 18.5. The highest BCUT2D eigenvalue weighted by atomic mass is 16.5. The summed E-state index contributed by atoms with van der Waals surface area (Å²) in [5, 5.41) is 27.1. The van der Waals surface area contributed by atoms with E-state index in [0.29, 0.717) is 39.2 Å². The van der Waals surface area contributed by atoms with Crippen LogP contribution in [0.4, 0.5) is 0 Å². The minimum Gasteiger partial charge on any atom is -0.545 e. The lowest BCUT2D eigenvalue weighted by Gasteiger charge is -2.36. The van der Waals surface area contributed by atoms with Gasteiger partial charge in [-0.1, -0.05) is 108 Å². The third kappa shape index (κ3) is 8.15. The molecule has 2 aliphatic carbocycles. The predicted molar refractivity (Wildman–Crippen MR) is 226 cm³/mol. The summed E-state index contributed by atoms with van der Waals surface area (Å²) in [6.07, 6.45) is 15.0. The molecule has 0 bridgehead atoms. The summed E-state index contributed by atoms with van der Waals surface area (Å²) in [5.74, 6) is -1.39. The molecule has 0 radical (unpaired) electrons. The number of unbranched alkanes of at least 4 members (excludes halogenated alkanes) is 4. The third-order valence-electron chi connectivity index (χ3n) is 11.6. The smallest absolute Gasteiger partial charge is 0.203 e. The zero-order valence-electron chi connectivity index (χ0n) is 34.2. The third-order valence-corrected chi connectivity index (χ3v) is 11.6. The number of carboxylic acid groups (broad SMARTS) is 2. The van der Waals surface area contributed by atoms with Crippen LogP contribution in [0.25, 0.3) is 33.4 Å². The number of allylic oxidation sites excluding steroid dienone is 3. The van der Waals surface area contributed by atoms with Crippen LogP contribution in [0.1, 0.15) is 117 Å². The predicted octanol–water partition coefficient (Wildman–Crippen LogP) is 7.95. The molecule has 2 aliphatic heterocycles. The van der Waals surface area contributed by atoms with Gasteiger partial charge in [-0.15, -0.1) is 0 Å². The lowest BCUT2D eigenvalue weighted by Crippen LogP contribution is -2.32. The number of ether oxygens (including phenoxy) is 1. The molecular weight excluding hydrogens is 725 g/mol. The topological polar surface area (TPSA) is 109 Å². The Labute approximate surface area is 341 Å². The van der Waals surface area contributed by atoms with Crippen molar-refractivity contribution in [1.29, 1.82) is 0 Å². The Morgan fingerprint density at radius 3 is 1.95 bits per heavy atom. The summed E-state index contributed by atoms with van der Waals surface area (Å²) in [6.45, 7) is 12.5. The van der Waals surface area contributed by atoms with Gasteiger partial charge in [0.15, 0.2) is 0 Å². The maximum absolute atomic E-state index is 12.7. The first kappa shape index (κ1) is 40.4. The van der Waals surface area contributed by atoms with E-state index < -0.39 is 17.9 Å². The van der Waals surface area contributed by atoms with Crippen molar-refractivity contribution in [3.8, 4) is 28.2 Å². The number of carbonyl (C=O) groups is 2. The van der Waals surface area contributed by atoms with Gasteiger partial charge in [0.25, 0.3) is 0 Å². The van der Waals surface area contributed by atoms with Crippen LogP contribution in [-0.2, 0) is 0 Å². The quantitative estimate of drug-likeness (QED) is 0.0744. The van der Waals surface area contributed by atoms with Gasteiger partial charge in [-0.3, -0.25) is 0 Å².